The van der Waals surface area contributed by atoms with Gasteiger partial charge < -0.3 is 9.47 Å². The van der Waals surface area contributed by atoms with E-state index in [2.05, 4.69) is 4.99 Å². The monoisotopic (exact) mass is 457 g/mol. The Bertz CT molecular complexity index is 1190. The van der Waals surface area contributed by atoms with Crippen LogP contribution in [0.5, 0.6) is 5.75 Å². The molecule has 4 nitrogen and oxygen atoms in total. The van der Waals surface area contributed by atoms with Gasteiger partial charge in [0, 0.05) is 21.7 Å². The van der Waals surface area contributed by atoms with E-state index in [-0.39, 0.29) is 11.6 Å². The molecule has 1 aliphatic heterocycles. The summed E-state index contributed by atoms with van der Waals surface area (Å²) in [6.07, 6.45) is 1.62. The maximum atomic E-state index is 12.3. The standard InChI is InChI=1S/C23H14Cl3NO3/c24-17-7-3-1-6-16(17)13-29-21-8-4-2-5-14(21)12-20-23(28)30-22(27-20)15-9-10-18(25)19(26)11-15/h1-12H,13H2/b20-12-. The fraction of sp³-hybridized carbons (Fsp3) is 0.0435. The summed E-state index contributed by atoms with van der Waals surface area (Å²) in [5.74, 6) is 0.201. The summed E-state index contributed by atoms with van der Waals surface area (Å²) >= 11 is 18.2. The molecular formula is C23H14Cl3NO3. The van der Waals surface area contributed by atoms with Crippen molar-refractivity contribution in [3.05, 3.63) is 104 Å². The quantitative estimate of drug-likeness (QED) is 0.321. The molecule has 0 aliphatic carbocycles. The van der Waals surface area contributed by atoms with Crippen LogP contribution in [0, 0.1) is 0 Å². The van der Waals surface area contributed by atoms with E-state index in [1.54, 1.807) is 24.3 Å². The van der Waals surface area contributed by atoms with Gasteiger partial charge in [0.25, 0.3) is 0 Å². The lowest BCUT2D eigenvalue weighted by molar-refractivity contribution is -0.129. The minimum absolute atomic E-state index is 0.157. The fourth-order valence-electron chi connectivity index (χ4n) is 2.81. The highest BCUT2D eigenvalue weighted by atomic mass is 35.5. The molecule has 0 saturated carbocycles. The Hall–Kier alpha value is -2.79. The van der Waals surface area contributed by atoms with Crippen LogP contribution in [0.2, 0.25) is 15.1 Å². The van der Waals surface area contributed by atoms with Crippen molar-refractivity contribution in [2.24, 2.45) is 4.99 Å². The molecule has 1 aliphatic rings. The number of esters is 1. The van der Waals surface area contributed by atoms with Crippen LogP contribution in [0.15, 0.2) is 77.4 Å². The molecule has 1 heterocycles. The average Bonchev–Trinajstić information content (AvgIpc) is 3.11. The third-order valence-corrected chi connectivity index (χ3v) is 5.45. The third kappa shape index (κ3) is 4.51. The molecule has 0 fully saturated rings. The Morgan fingerprint density at radius 1 is 0.900 bits per heavy atom. The number of carbonyl (C=O) groups is 1. The van der Waals surface area contributed by atoms with Crippen molar-refractivity contribution in [2.75, 3.05) is 0 Å². The largest absolute Gasteiger partial charge is 0.488 e. The number of rotatable bonds is 5. The summed E-state index contributed by atoms with van der Waals surface area (Å²) in [7, 11) is 0. The van der Waals surface area contributed by atoms with Crippen molar-refractivity contribution in [3.8, 4) is 5.75 Å². The van der Waals surface area contributed by atoms with Crippen LogP contribution in [-0.2, 0) is 16.1 Å². The number of benzene rings is 3. The highest BCUT2D eigenvalue weighted by Crippen LogP contribution is 2.28. The average molecular weight is 459 g/mol. The minimum Gasteiger partial charge on any atom is -0.488 e. The van der Waals surface area contributed by atoms with E-state index < -0.39 is 5.97 Å². The number of hydrogen-bond donors (Lipinski definition) is 0. The van der Waals surface area contributed by atoms with Crippen molar-refractivity contribution in [2.45, 2.75) is 6.61 Å². The third-order valence-electron chi connectivity index (χ3n) is 4.34. The summed E-state index contributed by atoms with van der Waals surface area (Å²) in [4.78, 5) is 16.6. The van der Waals surface area contributed by atoms with E-state index in [4.69, 9.17) is 44.3 Å². The lowest BCUT2D eigenvalue weighted by Gasteiger charge is -2.10. The molecule has 0 N–H and O–H groups in total. The van der Waals surface area contributed by atoms with Crippen LogP contribution < -0.4 is 4.74 Å². The van der Waals surface area contributed by atoms with Gasteiger partial charge >= 0.3 is 5.97 Å². The minimum atomic E-state index is -0.558. The fourth-order valence-corrected chi connectivity index (χ4v) is 3.30. The topological polar surface area (TPSA) is 47.9 Å². The molecule has 0 atom stereocenters. The summed E-state index contributed by atoms with van der Waals surface area (Å²) < 4.78 is 11.2. The van der Waals surface area contributed by atoms with Crippen LogP contribution in [0.25, 0.3) is 6.08 Å². The van der Waals surface area contributed by atoms with Crippen molar-refractivity contribution in [1.82, 2.24) is 0 Å². The van der Waals surface area contributed by atoms with Gasteiger partial charge in [0.05, 0.1) is 10.0 Å². The van der Waals surface area contributed by atoms with Crippen molar-refractivity contribution in [1.29, 1.82) is 0 Å². The zero-order chi connectivity index (χ0) is 21.1. The molecule has 7 heteroatoms. The normalized spacial score (nSPS) is 14.6. The van der Waals surface area contributed by atoms with Gasteiger partial charge in [0.2, 0.25) is 5.90 Å². The number of hydrogen-bond acceptors (Lipinski definition) is 4. The highest BCUT2D eigenvalue weighted by Gasteiger charge is 2.25. The van der Waals surface area contributed by atoms with Gasteiger partial charge in [-0.05, 0) is 36.4 Å². The van der Waals surface area contributed by atoms with E-state index in [1.807, 2.05) is 48.5 Å². The molecule has 30 heavy (non-hydrogen) atoms. The molecule has 150 valence electrons. The Labute approximate surface area is 188 Å². The molecule has 3 aromatic rings. The molecule has 0 unspecified atom stereocenters. The van der Waals surface area contributed by atoms with Gasteiger partial charge in [-0.3, -0.25) is 0 Å². The van der Waals surface area contributed by atoms with E-state index in [0.29, 0.717) is 38.6 Å². The van der Waals surface area contributed by atoms with Gasteiger partial charge in [-0.1, -0.05) is 71.2 Å². The second kappa shape index (κ2) is 8.92. The first kappa shape index (κ1) is 20.5. The number of aliphatic imine (C=N–C) groups is 1. The van der Waals surface area contributed by atoms with Crippen LogP contribution in [0.4, 0.5) is 0 Å². The number of para-hydroxylation sites is 1. The molecule has 3 aromatic carbocycles. The van der Waals surface area contributed by atoms with E-state index in [9.17, 15) is 4.79 Å². The van der Waals surface area contributed by atoms with Crippen molar-refractivity contribution < 1.29 is 14.3 Å². The van der Waals surface area contributed by atoms with Gasteiger partial charge in [-0.15, -0.1) is 0 Å². The van der Waals surface area contributed by atoms with Crippen molar-refractivity contribution >= 4 is 52.7 Å². The summed E-state index contributed by atoms with van der Waals surface area (Å²) in [5.41, 5.74) is 2.27. The lowest BCUT2D eigenvalue weighted by Crippen LogP contribution is -2.05. The molecule has 0 spiro atoms. The van der Waals surface area contributed by atoms with Crippen LogP contribution in [-0.4, -0.2) is 11.9 Å². The van der Waals surface area contributed by atoms with Gasteiger partial charge in [0.15, 0.2) is 5.70 Å². The summed E-state index contributed by atoms with van der Waals surface area (Å²) in [6.45, 7) is 0.294. The van der Waals surface area contributed by atoms with E-state index in [0.717, 1.165) is 5.56 Å². The number of halogens is 3. The number of carbonyl (C=O) groups excluding carboxylic acids is 1. The molecule has 0 aromatic heterocycles. The maximum absolute atomic E-state index is 12.3. The van der Waals surface area contributed by atoms with Crippen LogP contribution >= 0.6 is 34.8 Å². The Balaban J connectivity index is 1.60. The molecule has 4 rings (SSSR count). The Morgan fingerprint density at radius 2 is 1.67 bits per heavy atom. The Kier molecular flexibility index (Phi) is 6.09. The maximum Gasteiger partial charge on any atom is 0.363 e. The smallest absolute Gasteiger partial charge is 0.363 e. The zero-order valence-corrected chi connectivity index (χ0v) is 17.7. The predicted octanol–water partition coefficient (Wildman–Crippen LogP) is 6.57. The molecule has 0 radical (unpaired) electrons. The summed E-state index contributed by atoms with van der Waals surface area (Å²) in [6, 6.07) is 19.7. The lowest BCUT2D eigenvalue weighted by atomic mass is 10.1. The molecule has 0 saturated heterocycles. The van der Waals surface area contributed by atoms with Gasteiger partial charge in [-0.2, -0.15) is 0 Å². The van der Waals surface area contributed by atoms with Gasteiger partial charge in [-0.25, -0.2) is 9.79 Å². The summed E-state index contributed by atoms with van der Waals surface area (Å²) in [5, 5.41) is 1.39. The predicted molar refractivity (Wildman–Crippen MR) is 119 cm³/mol. The molecule has 0 bridgehead atoms. The highest BCUT2D eigenvalue weighted by molar-refractivity contribution is 6.42. The SMILES string of the molecule is O=C1OC(c2ccc(Cl)c(Cl)c2)=N/C1=C\c1ccccc1OCc1ccccc1Cl. The van der Waals surface area contributed by atoms with Crippen LogP contribution in [0.3, 0.4) is 0 Å². The second-order valence-electron chi connectivity index (χ2n) is 6.38. The first-order valence-electron chi connectivity index (χ1n) is 8.94. The first-order valence-corrected chi connectivity index (χ1v) is 10.1. The van der Waals surface area contributed by atoms with Gasteiger partial charge in [0.1, 0.15) is 12.4 Å². The Morgan fingerprint density at radius 3 is 2.47 bits per heavy atom. The second-order valence-corrected chi connectivity index (χ2v) is 7.60. The number of ether oxygens (including phenoxy) is 2. The van der Waals surface area contributed by atoms with E-state index in [1.165, 1.54) is 0 Å². The zero-order valence-electron chi connectivity index (χ0n) is 15.4. The van der Waals surface area contributed by atoms with Crippen LogP contribution in [0.1, 0.15) is 16.7 Å². The number of nitrogens with zero attached hydrogens (tertiary/aromatic N) is 1. The van der Waals surface area contributed by atoms with Crippen molar-refractivity contribution in [3.63, 3.8) is 0 Å². The number of cyclic esters (lactones) is 1. The molecular weight excluding hydrogens is 445 g/mol. The van der Waals surface area contributed by atoms with E-state index >= 15 is 0 Å². The first-order chi connectivity index (χ1) is 14.5. The molecule has 0 amide bonds.